The Morgan fingerprint density at radius 3 is 2.18 bits per heavy atom. The van der Waals surface area contributed by atoms with Crippen LogP contribution in [0.5, 0.6) is 0 Å². The van der Waals surface area contributed by atoms with Gasteiger partial charge in [0.2, 0.25) is 0 Å². The van der Waals surface area contributed by atoms with Gasteiger partial charge >= 0.3 is 0 Å². The Morgan fingerprint density at radius 1 is 0.941 bits per heavy atom. The summed E-state index contributed by atoms with van der Waals surface area (Å²) in [5.41, 5.74) is 0. The minimum atomic E-state index is -0.104. The lowest BCUT2D eigenvalue weighted by molar-refractivity contribution is -0.112. The zero-order chi connectivity index (χ0) is 12.2. The predicted molar refractivity (Wildman–Crippen MR) is 58.8 cm³/mol. The Hall–Kier alpha value is -0.530. The van der Waals surface area contributed by atoms with Crippen LogP contribution in [-0.4, -0.2) is 65.4 Å². The van der Waals surface area contributed by atoms with Gasteiger partial charge in [-0.05, 0) is 0 Å². The van der Waals surface area contributed by atoms with Crippen molar-refractivity contribution in [1.82, 2.24) is 0 Å². The summed E-state index contributed by atoms with van der Waals surface area (Å²) in [6, 6.07) is 0. The lowest BCUT2D eigenvalue weighted by Gasteiger charge is -2.09. The molecule has 1 aliphatic rings. The maximum absolute atomic E-state index is 9.91. The first-order chi connectivity index (χ1) is 8.43. The number of rotatable bonds is 11. The van der Waals surface area contributed by atoms with Crippen molar-refractivity contribution < 1.29 is 28.5 Å². The summed E-state index contributed by atoms with van der Waals surface area (Å²) in [5.74, 6) is 0. The average Bonchev–Trinajstić information content (AvgIpc) is 2.85. The van der Waals surface area contributed by atoms with Gasteiger partial charge in [-0.3, -0.25) is 0 Å². The van der Waals surface area contributed by atoms with Crippen molar-refractivity contribution in [2.24, 2.45) is 0 Å². The van der Waals surface area contributed by atoms with Crippen LogP contribution in [0, 0.1) is 0 Å². The number of hydrogen-bond donors (Lipinski definition) is 0. The fourth-order valence-corrected chi connectivity index (χ4v) is 1.32. The molecular formula is C11H20O6. The van der Waals surface area contributed by atoms with E-state index in [-0.39, 0.29) is 12.9 Å². The second kappa shape index (κ2) is 10.6. The summed E-state index contributed by atoms with van der Waals surface area (Å²) >= 11 is 0. The summed E-state index contributed by atoms with van der Waals surface area (Å²) in [4.78, 5) is 9.91. The van der Waals surface area contributed by atoms with Gasteiger partial charge in [0.15, 0.2) is 6.29 Å². The molecule has 0 radical (unpaired) electrons. The van der Waals surface area contributed by atoms with Gasteiger partial charge in [-0.15, -0.1) is 0 Å². The van der Waals surface area contributed by atoms with Gasteiger partial charge in [0.25, 0.3) is 0 Å². The second-order valence-corrected chi connectivity index (χ2v) is 3.43. The molecule has 0 aromatic rings. The molecule has 0 aliphatic carbocycles. The van der Waals surface area contributed by atoms with Gasteiger partial charge in [0.05, 0.1) is 46.2 Å². The van der Waals surface area contributed by atoms with E-state index in [2.05, 4.69) is 0 Å². The molecule has 0 spiro atoms. The van der Waals surface area contributed by atoms with Crippen LogP contribution in [0.1, 0.15) is 6.42 Å². The Balaban J connectivity index is 1.70. The number of ether oxygens (including phenoxy) is 5. The minimum Gasteiger partial charge on any atom is -0.379 e. The van der Waals surface area contributed by atoms with Crippen LogP contribution in [0.25, 0.3) is 0 Å². The first-order valence-electron chi connectivity index (χ1n) is 5.83. The van der Waals surface area contributed by atoms with Crippen LogP contribution < -0.4 is 0 Å². The van der Waals surface area contributed by atoms with Crippen LogP contribution in [0.15, 0.2) is 0 Å². The Labute approximate surface area is 101 Å². The van der Waals surface area contributed by atoms with E-state index in [0.717, 1.165) is 12.7 Å². The fraction of sp³-hybridized carbons (Fsp3) is 0.909. The molecule has 0 N–H and O–H groups in total. The number of carbonyl (C=O) groups excluding carboxylic acids is 1. The molecule has 0 bridgehead atoms. The molecule has 1 aliphatic heterocycles. The van der Waals surface area contributed by atoms with E-state index in [1.807, 2.05) is 0 Å². The first-order valence-corrected chi connectivity index (χ1v) is 5.83. The van der Waals surface area contributed by atoms with Crippen molar-refractivity contribution in [2.45, 2.75) is 12.7 Å². The maximum atomic E-state index is 9.91. The maximum Gasteiger partial charge on any atom is 0.160 e. The topological polar surface area (TPSA) is 63.2 Å². The molecule has 6 heteroatoms. The zero-order valence-corrected chi connectivity index (χ0v) is 9.97. The van der Waals surface area contributed by atoms with Crippen molar-refractivity contribution in [1.29, 1.82) is 0 Å². The number of hydrogen-bond acceptors (Lipinski definition) is 6. The Kier molecular flexibility index (Phi) is 9.07. The van der Waals surface area contributed by atoms with E-state index in [0.29, 0.717) is 46.2 Å². The minimum absolute atomic E-state index is 0.104. The summed E-state index contributed by atoms with van der Waals surface area (Å²) in [7, 11) is 0. The molecule has 100 valence electrons. The van der Waals surface area contributed by atoms with E-state index in [1.54, 1.807) is 0 Å². The molecule has 17 heavy (non-hydrogen) atoms. The van der Waals surface area contributed by atoms with Crippen molar-refractivity contribution in [3.8, 4) is 0 Å². The monoisotopic (exact) mass is 248 g/mol. The van der Waals surface area contributed by atoms with Gasteiger partial charge in [-0.2, -0.15) is 0 Å². The van der Waals surface area contributed by atoms with E-state index >= 15 is 0 Å². The molecular weight excluding hydrogens is 228 g/mol. The van der Waals surface area contributed by atoms with Crippen LogP contribution in [0.2, 0.25) is 0 Å². The third-order valence-corrected chi connectivity index (χ3v) is 2.12. The molecule has 0 unspecified atom stereocenters. The van der Waals surface area contributed by atoms with Crippen molar-refractivity contribution >= 4 is 6.29 Å². The molecule has 6 nitrogen and oxygen atoms in total. The van der Waals surface area contributed by atoms with Crippen molar-refractivity contribution in [3.05, 3.63) is 0 Å². The highest BCUT2D eigenvalue weighted by Gasteiger charge is 2.14. The van der Waals surface area contributed by atoms with Crippen molar-refractivity contribution in [3.63, 3.8) is 0 Å². The molecule has 1 fully saturated rings. The van der Waals surface area contributed by atoms with Gasteiger partial charge in [-0.25, -0.2) is 0 Å². The third-order valence-electron chi connectivity index (χ3n) is 2.12. The molecule has 0 aromatic carbocycles. The third kappa shape index (κ3) is 8.23. The summed E-state index contributed by atoms with van der Waals surface area (Å²) < 4.78 is 26.0. The summed E-state index contributed by atoms with van der Waals surface area (Å²) in [6.07, 6.45) is 1.37. The van der Waals surface area contributed by atoms with Gasteiger partial charge in [0, 0.05) is 6.42 Å². The van der Waals surface area contributed by atoms with E-state index in [9.17, 15) is 4.79 Å². The van der Waals surface area contributed by atoms with Crippen LogP contribution in [-0.2, 0) is 28.5 Å². The van der Waals surface area contributed by atoms with Gasteiger partial charge in [-0.1, -0.05) is 0 Å². The molecule has 1 rings (SSSR count). The highest BCUT2D eigenvalue weighted by atomic mass is 16.7. The van der Waals surface area contributed by atoms with Gasteiger partial charge in [0.1, 0.15) is 12.9 Å². The number of carbonyl (C=O) groups is 1. The summed E-state index contributed by atoms with van der Waals surface area (Å²) in [5, 5.41) is 0. The molecule has 0 aromatic heterocycles. The SMILES string of the molecule is O=CCOCCOCCOCCC1OCCO1. The Morgan fingerprint density at radius 2 is 1.53 bits per heavy atom. The Bertz CT molecular complexity index is 181. The van der Waals surface area contributed by atoms with E-state index < -0.39 is 0 Å². The average molecular weight is 248 g/mol. The quantitative estimate of drug-likeness (QED) is 0.379. The fourth-order valence-electron chi connectivity index (χ4n) is 1.32. The van der Waals surface area contributed by atoms with Crippen molar-refractivity contribution in [2.75, 3.05) is 52.9 Å². The molecule has 0 atom stereocenters. The largest absolute Gasteiger partial charge is 0.379 e. The van der Waals surface area contributed by atoms with E-state index in [1.165, 1.54) is 0 Å². The van der Waals surface area contributed by atoms with Crippen LogP contribution in [0.3, 0.4) is 0 Å². The van der Waals surface area contributed by atoms with Crippen LogP contribution >= 0.6 is 0 Å². The summed E-state index contributed by atoms with van der Waals surface area (Å²) in [6.45, 7) is 4.06. The molecule has 1 saturated heterocycles. The highest BCUT2D eigenvalue weighted by Crippen LogP contribution is 2.07. The standard InChI is InChI=1S/C11H20O6/c12-2-4-14-6-8-15-7-5-13-3-1-11-16-9-10-17-11/h2,11H,1,3-10H2. The second-order valence-electron chi connectivity index (χ2n) is 3.43. The lowest BCUT2D eigenvalue weighted by Crippen LogP contribution is -2.14. The lowest BCUT2D eigenvalue weighted by atomic mass is 10.4. The molecule has 0 saturated carbocycles. The van der Waals surface area contributed by atoms with Crippen LogP contribution in [0.4, 0.5) is 0 Å². The zero-order valence-electron chi connectivity index (χ0n) is 9.97. The van der Waals surface area contributed by atoms with E-state index in [4.69, 9.17) is 23.7 Å². The highest BCUT2D eigenvalue weighted by molar-refractivity contribution is 5.50. The predicted octanol–water partition coefficient (Wildman–Crippen LogP) is -0.00190. The number of aldehydes is 1. The first kappa shape index (κ1) is 14.5. The van der Waals surface area contributed by atoms with Gasteiger partial charge < -0.3 is 28.5 Å². The normalized spacial score (nSPS) is 16.5. The smallest absolute Gasteiger partial charge is 0.160 e. The molecule has 1 heterocycles. The molecule has 0 amide bonds.